The summed E-state index contributed by atoms with van der Waals surface area (Å²) in [5.74, 6) is 2.14. The Labute approximate surface area is 177 Å². The standard InChI is InChI=1S/C27H40O2/c1-16-19(28)15-17-9-13-26(5)18(23(16)17)7-8-21-25(4)12-11-22(29)24(2,3)20(25)10-14-27(21,26)6/h7,17,20-22,29H,8-15H2,1-6H3/t17?,20?,21?,22-,25-,26+,27+/m0/s1. The van der Waals surface area contributed by atoms with Crippen molar-refractivity contribution in [2.75, 3.05) is 0 Å². The molecular formula is C27H40O2. The summed E-state index contributed by atoms with van der Waals surface area (Å²) in [7, 11) is 0. The molecule has 0 aliphatic heterocycles. The zero-order valence-electron chi connectivity index (χ0n) is 19.4. The maximum absolute atomic E-state index is 12.5. The van der Waals surface area contributed by atoms with Gasteiger partial charge in [-0.3, -0.25) is 4.79 Å². The van der Waals surface area contributed by atoms with Gasteiger partial charge in [0.25, 0.3) is 0 Å². The van der Waals surface area contributed by atoms with Crippen LogP contribution in [0, 0.1) is 39.4 Å². The van der Waals surface area contributed by atoms with Crippen LogP contribution in [-0.2, 0) is 4.79 Å². The lowest BCUT2D eigenvalue weighted by molar-refractivity contribution is -0.195. The highest BCUT2D eigenvalue weighted by Gasteiger charge is 2.66. The summed E-state index contributed by atoms with van der Waals surface area (Å²) in [6, 6.07) is 0. The first-order chi connectivity index (χ1) is 13.5. The third-order valence-electron chi connectivity index (χ3n) is 11.4. The van der Waals surface area contributed by atoms with Crippen molar-refractivity contribution in [1.29, 1.82) is 0 Å². The Hall–Kier alpha value is -0.890. The predicted molar refractivity (Wildman–Crippen MR) is 117 cm³/mol. The molecule has 0 aromatic carbocycles. The topological polar surface area (TPSA) is 37.3 Å². The van der Waals surface area contributed by atoms with E-state index in [1.807, 2.05) is 0 Å². The molecule has 1 N–H and O–H groups in total. The second-order valence-corrected chi connectivity index (χ2v) is 12.5. The molecule has 2 heteroatoms. The molecule has 0 aromatic rings. The number of carbonyl (C=O) groups is 1. The quantitative estimate of drug-likeness (QED) is 0.526. The Bertz CT molecular complexity index is 831. The molecule has 3 fully saturated rings. The fraction of sp³-hybridized carbons (Fsp3) is 0.815. The number of rotatable bonds is 0. The molecule has 0 amide bonds. The first kappa shape index (κ1) is 20.0. The molecule has 5 rings (SSSR count). The van der Waals surface area contributed by atoms with Gasteiger partial charge in [-0.2, -0.15) is 0 Å². The van der Waals surface area contributed by atoms with Crippen molar-refractivity contribution in [2.24, 2.45) is 39.4 Å². The lowest BCUT2D eigenvalue weighted by Crippen LogP contribution is -2.63. The summed E-state index contributed by atoms with van der Waals surface area (Å²) in [6.45, 7) is 14.4. The third-order valence-corrected chi connectivity index (χ3v) is 11.4. The number of hydrogen-bond donors (Lipinski definition) is 1. The van der Waals surface area contributed by atoms with Gasteiger partial charge < -0.3 is 5.11 Å². The van der Waals surface area contributed by atoms with Crippen LogP contribution >= 0.6 is 0 Å². The van der Waals surface area contributed by atoms with Gasteiger partial charge in [-0.15, -0.1) is 0 Å². The summed E-state index contributed by atoms with van der Waals surface area (Å²) >= 11 is 0. The van der Waals surface area contributed by atoms with Gasteiger partial charge in [0.2, 0.25) is 0 Å². The molecule has 0 spiro atoms. The zero-order chi connectivity index (χ0) is 21.0. The molecule has 0 heterocycles. The monoisotopic (exact) mass is 396 g/mol. The van der Waals surface area contributed by atoms with Crippen molar-refractivity contribution in [2.45, 2.75) is 99.0 Å². The van der Waals surface area contributed by atoms with E-state index in [0.29, 0.717) is 29.0 Å². The first-order valence-corrected chi connectivity index (χ1v) is 12.1. The van der Waals surface area contributed by atoms with Crippen LogP contribution in [0.3, 0.4) is 0 Å². The van der Waals surface area contributed by atoms with Crippen molar-refractivity contribution >= 4 is 5.78 Å². The zero-order valence-corrected chi connectivity index (χ0v) is 19.4. The third kappa shape index (κ3) is 2.25. The van der Waals surface area contributed by atoms with Gasteiger partial charge in [0, 0.05) is 6.42 Å². The number of hydrogen-bond acceptors (Lipinski definition) is 2. The van der Waals surface area contributed by atoms with Crippen LogP contribution in [-0.4, -0.2) is 17.0 Å². The number of allylic oxidation sites excluding steroid dienone is 4. The van der Waals surface area contributed by atoms with E-state index in [1.165, 1.54) is 31.3 Å². The molecule has 3 saturated carbocycles. The first-order valence-electron chi connectivity index (χ1n) is 12.1. The Morgan fingerprint density at radius 1 is 0.966 bits per heavy atom. The minimum absolute atomic E-state index is 0.00781. The number of Topliss-reactive ketones (excluding diaryl/α,β-unsaturated/α-hetero) is 1. The van der Waals surface area contributed by atoms with E-state index >= 15 is 0 Å². The number of aliphatic hydroxyl groups is 1. The van der Waals surface area contributed by atoms with Crippen LogP contribution in [0.15, 0.2) is 22.8 Å². The molecule has 0 radical (unpaired) electrons. The maximum Gasteiger partial charge on any atom is 0.159 e. The number of carbonyl (C=O) groups excluding carboxylic acids is 1. The average Bonchev–Trinajstić information content (AvgIpc) is 2.94. The summed E-state index contributed by atoms with van der Waals surface area (Å²) in [5.41, 5.74) is 4.83. The molecule has 0 aromatic heterocycles. The lowest BCUT2D eigenvalue weighted by Gasteiger charge is -2.69. The smallest absolute Gasteiger partial charge is 0.159 e. The van der Waals surface area contributed by atoms with E-state index in [0.717, 1.165) is 31.3 Å². The van der Waals surface area contributed by atoms with Crippen molar-refractivity contribution in [3.8, 4) is 0 Å². The SMILES string of the molecule is CC1=C2C3=CCC4[C@@]5(C)CC[C@H](O)C(C)(C)C5CC[C@@]4(C)[C@]3(C)CCC2CC1=O. The second-order valence-electron chi connectivity index (χ2n) is 12.5. The molecule has 5 aliphatic rings. The van der Waals surface area contributed by atoms with Gasteiger partial charge in [-0.05, 0) is 108 Å². The molecule has 5 aliphatic carbocycles. The minimum Gasteiger partial charge on any atom is -0.393 e. The minimum atomic E-state index is -0.164. The molecule has 160 valence electrons. The van der Waals surface area contributed by atoms with Crippen LogP contribution in [0.25, 0.3) is 0 Å². The molecule has 0 bridgehead atoms. The largest absolute Gasteiger partial charge is 0.393 e. The molecule has 2 nitrogen and oxygen atoms in total. The highest BCUT2D eigenvalue weighted by molar-refractivity contribution is 6.00. The molecule has 0 saturated heterocycles. The normalized spacial score (nSPS) is 51.0. The fourth-order valence-electron chi connectivity index (χ4n) is 9.39. The fourth-order valence-corrected chi connectivity index (χ4v) is 9.39. The summed E-state index contributed by atoms with van der Waals surface area (Å²) in [5, 5.41) is 10.8. The van der Waals surface area contributed by atoms with E-state index in [1.54, 1.807) is 5.57 Å². The Morgan fingerprint density at radius 2 is 1.69 bits per heavy atom. The van der Waals surface area contributed by atoms with E-state index in [9.17, 15) is 9.90 Å². The molecule has 29 heavy (non-hydrogen) atoms. The van der Waals surface area contributed by atoms with Gasteiger partial charge in [0.05, 0.1) is 6.10 Å². The van der Waals surface area contributed by atoms with Crippen LogP contribution < -0.4 is 0 Å². The highest BCUT2D eigenvalue weighted by Crippen LogP contribution is 2.74. The Balaban J connectivity index is 1.62. The maximum atomic E-state index is 12.5. The Morgan fingerprint density at radius 3 is 2.41 bits per heavy atom. The van der Waals surface area contributed by atoms with E-state index in [-0.39, 0.29) is 22.3 Å². The van der Waals surface area contributed by atoms with Gasteiger partial charge in [-0.25, -0.2) is 0 Å². The molecule has 3 unspecified atom stereocenters. The van der Waals surface area contributed by atoms with Crippen molar-refractivity contribution < 1.29 is 9.90 Å². The highest BCUT2D eigenvalue weighted by atomic mass is 16.3. The predicted octanol–water partition coefficient (Wildman–Crippen LogP) is 6.24. The number of aliphatic hydroxyl groups excluding tert-OH is 1. The number of ketones is 1. The number of fused-ring (bicyclic) bond motifs is 7. The van der Waals surface area contributed by atoms with E-state index in [2.05, 4.69) is 47.6 Å². The van der Waals surface area contributed by atoms with Crippen molar-refractivity contribution in [3.05, 3.63) is 22.8 Å². The van der Waals surface area contributed by atoms with E-state index in [4.69, 9.17) is 0 Å². The van der Waals surface area contributed by atoms with E-state index < -0.39 is 0 Å². The van der Waals surface area contributed by atoms with Gasteiger partial charge in [-0.1, -0.05) is 40.7 Å². The van der Waals surface area contributed by atoms with Gasteiger partial charge in [0.15, 0.2) is 5.78 Å². The van der Waals surface area contributed by atoms with Gasteiger partial charge >= 0.3 is 0 Å². The summed E-state index contributed by atoms with van der Waals surface area (Å²) < 4.78 is 0. The average molecular weight is 397 g/mol. The van der Waals surface area contributed by atoms with Gasteiger partial charge in [0.1, 0.15) is 0 Å². The molecule has 7 atom stereocenters. The second kappa shape index (κ2) is 5.87. The summed E-state index contributed by atoms with van der Waals surface area (Å²) in [4.78, 5) is 12.5. The van der Waals surface area contributed by atoms with Crippen LogP contribution in [0.4, 0.5) is 0 Å². The van der Waals surface area contributed by atoms with Crippen molar-refractivity contribution in [1.82, 2.24) is 0 Å². The lowest BCUT2D eigenvalue weighted by atomic mass is 9.35. The van der Waals surface area contributed by atoms with Crippen LogP contribution in [0.2, 0.25) is 0 Å². The van der Waals surface area contributed by atoms with Crippen LogP contribution in [0.1, 0.15) is 92.9 Å². The molecular weight excluding hydrogens is 356 g/mol. The van der Waals surface area contributed by atoms with Crippen LogP contribution in [0.5, 0.6) is 0 Å². The Kier molecular flexibility index (Phi) is 4.06. The summed E-state index contributed by atoms with van der Waals surface area (Å²) in [6.07, 6.45) is 11.3. The van der Waals surface area contributed by atoms with Crippen molar-refractivity contribution in [3.63, 3.8) is 0 Å².